The van der Waals surface area contributed by atoms with Crippen molar-refractivity contribution < 1.29 is 4.79 Å². The topological polar surface area (TPSA) is 32.3 Å². The molecule has 0 saturated carbocycles. The lowest BCUT2D eigenvalue weighted by molar-refractivity contribution is 0.0390. The molecular weight excluding hydrogens is 260 g/mol. The van der Waals surface area contributed by atoms with Crippen molar-refractivity contribution in [1.29, 1.82) is 0 Å². The van der Waals surface area contributed by atoms with Gasteiger partial charge in [-0.15, -0.1) is 0 Å². The SMILES string of the molecule is CC(C)(C)N(NCc1ccccc1)C(=O)c1ccccc1. The number of nitrogens with zero attached hydrogens (tertiary/aromatic N) is 1. The molecule has 2 aromatic rings. The Morgan fingerprint density at radius 1 is 0.952 bits per heavy atom. The maximum atomic E-state index is 12.7. The molecule has 0 radical (unpaired) electrons. The zero-order valence-corrected chi connectivity index (χ0v) is 12.8. The van der Waals surface area contributed by atoms with Crippen LogP contribution in [0.5, 0.6) is 0 Å². The molecule has 0 bridgehead atoms. The summed E-state index contributed by atoms with van der Waals surface area (Å²) in [5, 5.41) is 1.70. The van der Waals surface area contributed by atoms with Crippen LogP contribution in [-0.4, -0.2) is 16.5 Å². The van der Waals surface area contributed by atoms with Crippen LogP contribution in [0.15, 0.2) is 60.7 Å². The lowest BCUT2D eigenvalue weighted by Gasteiger charge is -2.36. The second-order valence-corrected chi connectivity index (χ2v) is 6.00. The van der Waals surface area contributed by atoms with Crippen LogP contribution in [0.3, 0.4) is 0 Å². The molecule has 0 aromatic heterocycles. The molecule has 3 heteroatoms. The summed E-state index contributed by atoms with van der Waals surface area (Å²) in [6.07, 6.45) is 0. The fourth-order valence-electron chi connectivity index (χ4n) is 2.09. The van der Waals surface area contributed by atoms with E-state index in [2.05, 4.69) is 5.43 Å². The van der Waals surface area contributed by atoms with Crippen LogP contribution >= 0.6 is 0 Å². The normalized spacial score (nSPS) is 11.2. The van der Waals surface area contributed by atoms with E-state index >= 15 is 0 Å². The largest absolute Gasteiger partial charge is 0.268 e. The zero-order chi connectivity index (χ0) is 15.3. The molecule has 0 unspecified atom stereocenters. The van der Waals surface area contributed by atoms with Crippen LogP contribution in [0.1, 0.15) is 36.7 Å². The van der Waals surface area contributed by atoms with E-state index in [-0.39, 0.29) is 11.4 Å². The van der Waals surface area contributed by atoms with Gasteiger partial charge in [0, 0.05) is 12.1 Å². The molecule has 0 saturated heterocycles. The Kier molecular flexibility index (Phi) is 4.76. The molecule has 0 heterocycles. The molecule has 1 N–H and O–H groups in total. The summed E-state index contributed by atoms with van der Waals surface area (Å²) >= 11 is 0. The maximum absolute atomic E-state index is 12.7. The minimum atomic E-state index is -0.304. The molecule has 21 heavy (non-hydrogen) atoms. The molecule has 0 aliphatic carbocycles. The minimum absolute atomic E-state index is 0.0148. The smallest absolute Gasteiger partial charge is 0.268 e. The van der Waals surface area contributed by atoms with Gasteiger partial charge in [0.05, 0.1) is 5.54 Å². The Labute approximate surface area is 126 Å². The van der Waals surface area contributed by atoms with Gasteiger partial charge in [0.2, 0.25) is 0 Å². The molecule has 2 rings (SSSR count). The zero-order valence-electron chi connectivity index (χ0n) is 12.8. The number of carbonyl (C=O) groups is 1. The Hall–Kier alpha value is -2.13. The number of hydrazine groups is 1. The first-order valence-corrected chi connectivity index (χ1v) is 7.15. The van der Waals surface area contributed by atoms with E-state index in [4.69, 9.17) is 0 Å². The summed E-state index contributed by atoms with van der Waals surface area (Å²) < 4.78 is 0. The van der Waals surface area contributed by atoms with Gasteiger partial charge in [0.1, 0.15) is 0 Å². The van der Waals surface area contributed by atoms with E-state index in [1.807, 2.05) is 81.4 Å². The Morgan fingerprint density at radius 2 is 1.48 bits per heavy atom. The van der Waals surface area contributed by atoms with E-state index in [0.29, 0.717) is 12.1 Å². The summed E-state index contributed by atoms with van der Waals surface area (Å²) in [4.78, 5) is 12.7. The fraction of sp³-hybridized carbons (Fsp3) is 0.278. The van der Waals surface area contributed by atoms with E-state index in [0.717, 1.165) is 5.56 Å². The van der Waals surface area contributed by atoms with Crippen molar-refractivity contribution in [3.63, 3.8) is 0 Å². The van der Waals surface area contributed by atoms with Gasteiger partial charge in [-0.05, 0) is 38.5 Å². The first-order chi connectivity index (χ1) is 9.98. The monoisotopic (exact) mass is 282 g/mol. The number of benzene rings is 2. The molecule has 0 fully saturated rings. The molecule has 0 aliphatic rings. The molecule has 0 atom stereocenters. The second-order valence-electron chi connectivity index (χ2n) is 6.00. The number of hydrogen-bond acceptors (Lipinski definition) is 2. The number of hydrogen-bond donors (Lipinski definition) is 1. The summed E-state index contributed by atoms with van der Waals surface area (Å²) in [5.74, 6) is -0.0148. The lowest BCUT2D eigenvalue weighted by atomic mass is 10.1. The van der Waals surface area contributed by atoms with Crippen molar-refractivity contribution in [3.05, 3.63) is 71.8 Å². The molecular formula is C18H22N2O. The minimum Gasteiger partial charge on any atom is -0.268 e. The third-order valence-corrected chi connectivity index (χ3v) is 3.18. The van der Waals surface area contributed by atoms with E-state index in [9.17, 15) is 4.79 Å². The van der Waals surface area contributed by atoms with Crippen molar-refractivity contribution in [3.8, 4) is 0 Å². The van der Waals surface area contributed by atoms with Crippen molar-refractivity contribution >= 4 is 5.91 Å². The number of rotatable bonds is 4. The Morgan fingerprint density at radius 3 is 2.00 bits per heavy atom. The van der Waals surface area contributed by atoms with Crippen LogP contribution in [0.25, 0.3) is 0 Å². The number of amides is 1. The van der Waals surface area contributed by atoms with Gasteiger partial charge in [-0.25, -0.2) is 5.43 Å². The third kappa shape index (κ3) is 4.17. The van der Waals surface area contributed by atoms with Gasteiger partial charge in [0.25, 0.3) is 5.91 Å². The van der Waals surface area contributed by atoms with Crippen LogP contribution in [0.4, 0.5) is 0 Å². The van der Waals surface area contributed by atoms with Gasteiger partial charge < -0.3 is 0 Å². The Bertz CT molecular complexity index is 573. The van der Waals surface area contributed by atoms with Crippen LogP contribution in [0, 0.1) is 0 Å². The standard InChI is InChI=1S/C18H22N2O/c1-18(2,3)20(17(21)16-12-8-5-9-13-16)19-14-15-10-6-4-7-11-15/h4-13,19H,14H2,1-3H3. The molecule has 2 aromatic carbocycles. The highest BCUT2D eigenvalue weighted by Gasteiger charge is 2.27. The lowest BCUT2D eigenvalue weighted by Crippen LogP contribution is -2.53. The van der Waals surface area contributed by atoms with E-state index < -0.39 is 0 Å². The van der Waals surface area contributed by atoms with Gasteiger partial charge in [-0.2, -0.15) is 0 Å². The third-order valence-electron chi connectivity index (χ3n) is 3.18. The number of nitrogens with one attached hydrogen (secondary N) is 1. The van der Waals surface area contributed by atoms with Gasteiger partial charge in [-0.3, -0.25) is 9.80 Å². The highest BCUT2D eigenvalue weighted by Crippen LogP contribution is 2.15. The molecule has 0 spiro atoms. The predicted octanol–water partition coefficient (Wildman–Crippen LogP) is 3.63. The van der Waals surface area contributed by atoms with Gasteiger partial charge in [-0.1, -0.05) is 48.5 Å². The molecule has 1 amide bonds. The first-order valence-electron chi connectivity index (χ1n) is 7.15. The van der Waals surface area contributed by atoms with Crippen molar-refractivity contribution in [2.75, 3.05) is 0 Å². The van der Waals surface area contributed by atoms with Gasteiger partial charge >= 0.3 is 0 Å². The molecule has 0 aliphatic heterocycles. The van der Waals surface area contributed by atoms with E-state index in [1.165, 1.54) is 0 Å². The highest BCUT2D eigenvalue weighted by molar-refractivity contribution is 5.94. The van der Waals surface area contributed by atoms with E-state index in [1.54, 1.807) is 5.01 Å². The van der Waals surface area contributed by atoms with Gasteiger partial charge in [0.15, 0.2) is 0 Å². The second kappa shape index (κ2) is 6.55. The Balaban J connectivity index is 2.14. The number of carbonyl (C=O) groups excluding carboxylic acids is 1. The van der Waals surface area contributed by atoms with Crippen LogP contribution in [-0.2, 0) is 6.54 Å². The van der Waals surface area contributed by atoms with Crippen molar-refractivity contribution in [2.45, 2.75) is 32.9 Å². The predicted molar refractivity (Wildman–Crippen MR) is 85.6 cm³/mol. The van der Waals surface area contributed by atoms with Crippen molar-refractivity contribution in [1.82, 2.24) is 10.4 Å². The summed E-state index contributed by atoms with van der Waals surface area (Å²) in [7, 11) is 0. The van der Waals surface area contributed by atoms with Crippen LogP contribution < -0.4 is 5.43 Å². The highest BCUT2D eigenvalue weighted by atomic mass is 16.2. The average Bonchev–Trinajstić information content (AvgIpc) is 2.48. The fourth-order valence-corrected chi connectivity index (χ4v) is 2.09. The van der Waals surface area contributed by atoms with Crippen LogP contribution in [0.2, 0.25) is 0 Å². The molecule has 3 nitrogen and oxygen atoms in total. The summed E-state index contributed by atoms with van der Waals surface area (Å²) in [6, 6.07) is 19.4. The molecule has 110 valence electrons. The van der Waals surface area contributed by atoms with Crippen molar-refractivity contribution in [2.24, 2.45) is 0 Å². The maximum Gasteiger partial charge on any atom is 0.268 e. The summed E-state index contributed by atoms with van der Waals surface area (Å²) in [6.45, 7) is 6.68. The summed E-state index contributed by atoms with van der Waals surface area (Å²) in [5.41, 5.74) is 4.79. The first kappa shape index (κ1) is 15.3. The quantitative estimate of drug-likeness (QED) is 0.868. The average molecular weight is 282 g/mol.